The minimum Gasteiger partial charge on any atom is -0.497 e. The third-order valence-electron chi connectivity index (χ3n) is 5.47. The highest BCUT2D eigenvalue weighted by Gasteiger charge is 2.28. The lowest BCUT2D eigenvalue weighted by Gasteiger charge is -2.07. The Bertz CT molecular complexity index is 1370. The fourth-order valence-electron chi connectivity index (χ4n) is 3.79. The molecule has 4 aromatic rings. The van der Waals surface area contributed by atoms with Crippen LogP contribution in [-0.2, 0) is 13.7 Å². The highest BCUT2D eigenvalue weighted by molar-refractivity contribution is 9.10. The number of methoxy groups -OCH3 is 1. The molecule has 0 aliphatic carbocycles. The van der Waals surface area contributed by atoms with E-state index in [0.717, 1.165) is 32.3 Å². The van der Waals surface area contributed by atoms with Crippen LogP contribution in [0, 0.1) is 0 Å². The summed E-state index contributed by atoms with van der Waals surface area (Å²) in [4.78, 5) is 12.9. The van der Waals surface area contributed by atoms with E-state index >= 15 is 0 Å². The number of Topliss-reactive ketones (excluding diaryl/α,β-unsaturated/α-hetero) is 1. The van der Waals surface area contributed by atoms with Crippen LogP contribution >= 0.6 is 15.9 Å². The molecular weight excluding hydrogens is 470 g/mol. The fraction of sp³-hybridized carbons (Fsp3) is 0.115. The predicted molar refractivity (Wildman–Crippen MR) is 127 cm³/mol. The van der Waals surface area contributed by atoms with E-state index in [2.05, 4.69) is 15.9 Å². The Labute approximate surface area is 194 Å². The molecule has 0 saturated carbocycles. The number of aromatic nitrogens is 1. The van der Waals surface area contributed by atoms with Gasteiger partial charge in [-0.3, -0.25) is 4.79 Å². The Balaban J connectivity index is 1.40. The second kappa shape index (κ2) is 8.20. The lowest BCUT2D eigenvalue weighted by atomic mass is 10.1. The van der Waals surface area contributed by atoms with Gasteiger partial charge in [0, 0.05) is 40.2 Å². The number of allylic oxidation sites excluding steroid dienone is 1. The minimum absolute atomic E-state index is 0.139. The maximum atomic E-state index is 12.9. The first kappa shape index (κ1) is 20.4. The average Bonchev–Trinajstić information content (AvgIpc) is 3.29. The molecular formula is C26H20BrNO4. The van der Waals surface area contributed by atoms with Crippen LogP contribution in [0.3, 0.4) is 0 Å². The van der Waals surface area contributed by atoms with Crippen molar-refractivity contribution in [3.63, 3.8) is 0 Å². The summed E-state index contributed by atoms with van der Waals surface area (Å²) in [6.07, 6.45) is 3.76. The number of carbonyl (C=O) groups excluding carboxylic acids is 1. The zero-order chi connectivity index (χ0) is 22.2. The zero-order valence-electron chi connectivity index (χ0n) is 17.6. The van der Waals surface area contributed by atoms with Gasteiger partial charge in [-0.05, 0) is 54.1 Å². The number of nitrogens with zero attached hydrogens (tertiary/aromatic N) is 1. The molecule has 0 fully saturated rings. The molecule has 0 atom stereocenters. The molecule has 5 nitrogen and oxygen atoms in total. The minimum atomic E-state index is -0.139. The Morgan fingerprint density at radius 1 is 1.03 bits per heavy atom. The number of hydrogen-bond donors (Lipinski definition) is 0. The number of halogens is 1. The maximum Gasteiger partial charge on any atom is 0.231 e. The quantitative estimate of drug-likeness (QED) is 0.315. The molecule has 0 N–H and O–H groups in total. The summed E-state index contributed by atoms with van der Waals surface area (Å²) in [7, 11) is 3.61. The molecule has 1 aliphatic rings. The number of aryl methyl sites for hydroxylation is 1. The van der Waals surface area contributed by atoms with Gasteiger partial charge in [-0.1, -0.05) is 28.1 Å². The van der Waals surface area contributed by atoms with Crippen molar-refractivity contribution in [3.8, 4) is 17.2 Å². The molecule has 0 amide bonds. The van der Waals surface area contributed by atoms with Crippen LogP contribution in [0.4, 0.5) is 0 Å². The predicted octanol–water partition coefficient (Wildman–Crippen LogP) is 6.14. The van der Waals surface area contributed by atoms with Crippen molar-refractivity contribution in [1.29, 1.82) is 0 Å². The van der Waals surface area contributed by atoms with Crippen LogP contribution in [0.25, 0.3) is 17.0 Å². The molecule has 5 rings (SSSR count). The van der Waals surface area contributed by atoms with Crippen LogP contribution in [0.5, 0.6) is 17.2 Å². The number of ketones is 1. The Morgan fingerprint density at radius 3 is 2.59 bits per heavy atom. The highest BCUT2D eigenvalue weighted by Crippen LogP contribution is 2.36. The molecule has 2 heterocycles. The van der Waals surface area contributed by atoms with Gasteiger partial charge in [0.05, 0.1) is 12.7 Å². The SMILES string of the molecule is COc1ccc2c(c1)c(/C=C1/Oc3cc(OCc4ccc(Br)cc4)ccc3C1=O)cn2C. The normalized spacial score (nSPS) is 14.0. The molecule has 1 aliphatic heterocycles. The zero-order valence-corrected chi connectivity index (χ0v) is 19.2. The molecule has 0 unspecified atom stereocenters. The summed E-state index contributed by atoms with van der Waals surface area (Å²) < 4.78 is 20.2. The standard InChI is InChI=1S/C26H20BrNO4/c1-28-14-17(22-12-19(30-2)8-10-23(22)28)11-25-26(29)21-9-7-20(13-24(21)32-25)31-15-16-3-5-18(27)6-4-16/h3-14H,15H2,1-2H3/b25-11+. The largest absolute Gasteiger partial charge is 0.497 e. The summed E-state index contributed by atoms with van der Waals surface area (Å²) in [5.41, 5.74) is 3.52. The van der Waals surface area contributed by atoms with E-state index in [9.17, 15) is 4.79 Å². The molecule has 0 spiro atoms. The van der Waals surface area contributed by atoms with Gasteiger partial charge in [0.2, 0.25) is 5.78 Å². The first-order chi connectivity index (χ1) is 15.5. The van der Waals surface area contributed by atoms with E-state index in [1.54, 1.807) is 31.4 Å². The topological polar surface area (TPSA) is 49.7 Å². The fourth-order valence-corrected chi connectivity index (χ4v) is 4.05. The first-order valence-electron chi connectivity index (χ1n) is 10.1. The van der Waals surface area contributed by atoms with Gasteiger partial charge in [-0.15, -0.1) is 0 Å². The molecule has 0 saturated heterocycles. The summed E-state index contributed by atoms with van der Waals surface area (Å²) in [5.74, 6) is 2.07. The van der Waals surface area contributed by atoms with E-state index < -0.39 is 0 Å². The van der Waals surface area contributed by atoms with E-state index in [4.69, 9.17) is 14.2 Å². The second-order valence-electron chi connectivity index (χ2n) is 7.59. The van der Waals surface area contributed by atoms with Crippen molar-refractivity contribution in [2.75, 3.05) is 7.11 Å². The number of rotatable bonds is 5. The Morgan fingerprint density at radius 2 is 1.81 bits per heavy atom. The average molecular weight is 490 g/mol. The molecule has 6 heteroatoms. The van der Waals surface area contributed by atoms with Gasteiger partial charge in [0.15, 0.2) is 5.76 Å². The second-order valence-corrected chi connectivity index (χ2v) is 8.51. The molecule has 160 valence electrons. The van der Waals surface area contributed by atoms with Gasteiger partial charge in [0.25, 0.3) is 0 Å². The Kier molecular flexibility index (Phi) is 5.23. The van der Waals surface area contributed by atoms with Crippen molar-refractivity contribution in [2.45, 2.75) is 6.61 Å². The van der Waals surface area contributed by atoms with Crippen molar-refractivity contribution >= 4 is 38.7 Å². The van der Waals surface area contributed by atoms with E-state index in [0.29, 0.717) is 29.4 Å². The third-order valence-corrected chi connectivity index (χ3v) is 6.00. The van der Waals surface area contributed by atoms with Crippen molar-refractivity contribution in [2.24, 2.45) is 7.05 Å². The van der Waals surface area contributed by atoms with Gasteiger partial charge in [-0.2, -0.15) is 0 Å². The number of benzene rings is 3. The summed E-state index contributed by atoms with van der Waals surface area (Å²) in [5, 5.41) is 0.991. The Hall–Kier alpha value is -3.51. The molecule has 32 heavy (non-hydrogen) atoms. The smallest absolute Gasteiger partial charge is 0.231 e. The number of fused-ring (bicyclic) bond motifs is 2. The first-order valence-corrected chi connectivity index (χ1v) is 10.9. The number of ether oxygens (including phenoxy) is 3. The van der Waals surface area contributed by atoms with Gasteiger partial charge >= 0.3 is 0 Å². The van der Waals surface area contributed by atoms with Gasteiger partial charge < -0.3 is 18.8 Å². The third kappa shape index (κ3) is 3.78. The van der Waals surface area contributed by atoms with E-state index in [1.165, 1.54) is 0 Å². The van der Waals surface area contributed by atoms with Gasteiger partial charge in [-0.25, -0.2) is 0 Å². The summed E-state index contributed by atoms with van der Waals surface area (Å²) >= 11 is 3.43. The van der Waals surface area contributed by atoms with E-state index in [1.807, 2.05) is 60.3 Å². The van der Waals surface area contributed by atoms with Gasteiger partial charge in [0.1, 0.15) is 23.9 Å². The lowest BCUT2D eigenvalue weighted by Crippen LogP contribution is -1.98. The summed E-state index contributed by atoms with van der Waals surface area (Å²) in [6, 6.07) is 19.1. The monoisotopic (exact) mass is 489 g/mol. The molecule has 0 radical (unpaired) electrons. The maximum absolute atomic E-state index is 12.9. The summed E-state index contributed by atoms with van der Waals surface area (Å²) in [6.45, 7) is 0.431. The number of hydrogen-bond acceptors (Lipinski definition) is 4. The van der Waals surface area contributed by atoms with Crippen molar-refractivity contribution in [1.82, 2.24) is 4.57 Å². The number of carbonyl (C=O) groups is 1. The van der Waals surface area contributed by atoms with Crippen LogP contribution < -0.4 is 14.2 Å². The van der Waals surface area contributed by atoms with Crippen LogP contribution in [0.1, 0.15) is 21.5 Å². The molecule has 1 aromatic heterocycles. The molecule has 0 bridgehead atoms. The van der Waals surface area contributed by atoms with Crippen LogP contribution in [0.2, 0.25) is 0 Å². The van der Waals surface area contributed by atoms with Crippen molar-refractivity contribution in [3.05, 3.63) is 93.8 Å². The van der Waals surface area contributed by atoms with Crippen molar-refractivity contribution < 1.29 is 19.0 Å². The molecule has 3 aromatic carbocycles. The van der Waals surface area contributed by atoms with Crippen LogP contribution in [-0.4, -0.2) is 17.5 Å². The highest BCUT2D eigenvalue weighted by atomic mass is 79.9. The lowest BCUT2D eigenvalue weighted by molar-refractivity contribution is 0.101. The van der Waals surface area contributed by atoms with Crippen LogP contribution in [0.15, 0.2) is 77.1 Å². The van der Waals surface area contributed by atoms with E-state index in [-0.39, 0.29) is 5.78 Å².